The molecule has 2 atom stereocenters. The number of hydrogen-bond acceptors (Lipinski definition) is 6. The highest BCUT2D eigenvalue weighted by molar-refractivity contribution is 6.46. The first kappa shape index (κ1) is 25.6. The number of ketones is 1. The lowest BCUT2D eigenvalue weighted by Crippen LogP contribution is -3.12. The molecule has 0 unspecified atom stereocenters. The molecule has 0 radical (unpaired) electrons. The van der Waals surface area contributed by atoms with Gasteiger partial charge in [-0.15, -0.1) is 0 Å². The maximum atomic E-state index is 13.4. The zero-order valence-corrected chi connectivity index (χ0v) is 21.6. The number of benzene rings is 2. The molecule has 4 rings (SSSR count). The number of carbonyl (C=O) groups is 2. The second kappa shape index (κ2) is 10.6. The van der Waals surface area contributed by atoms with Crippen molar-refractivity contribution in [2.75, 3.05) is 40.4 Å². The topological polar surface area (TPSA) is 89.7 Å². The van der Waals surface area contributed by atoms with Crippen LogP contribution in [0.2, 0.25) is 0 Å². The fourth-order valence-electron chi connectivity index (χ4n) is 5.09. The fraction of sp³-hybridized carbons (Fsp3) is 0.429. The van der Waals surface area contributed by atoms with Gasteiger partial charge in [0.05, 0.1) is 52.0 Å². The van der Waals surface area contributed by atoms with E-state index in [1.54, 1.807) is 42.3 Å². The Bertz CT molecular complexity index is 1190. The minimum atomic E-state index is -0.788. The number of ether oxygens (including phenoxy) is 3. The Morgan fingerprint density at radius 1 is 1.11 bits per heavy atom. The number of Topliss-reactive ketones (excluding diaryl/α,β-unsaturated/α-hetero) is 1. The average molecular weight is 496 g/mol. The van der Waals surface area contributed by atoms with E-state index < -0.39 is 17.7 Å². The zero-order chi connectivity index (χ0) is 26.0. The summed E-state index contributed by atoms with van der Waals surface area (Å²) in [7, 11) is 3.10. The summed E-state index contributed by atoms with van der Waals surface area (Å²) in [4.78, 5) is 29.6. The van der Waals surface area contributed by atoms with Crippen molar-refractivity contribution in [1.29, 1.82) is 0 Å². The highest BCUT2D eigenvalue weighted by Crippen LogP contribution is 2.44. The summed E-state index contributed by atoms with van der Waals surface area (Å²) in [6, 6.07) is 9.85. The molecular weight excluding hydrogens is 460 g/mol. The largest absolute Gasteiger partial charge is 0.507 e. The van der Waals surface area contributed by atoms with Crippen LogP contribution in [0.25, 0.3) is 5.76 Å². The molecule has 0 spiro atoms. The van der Waals surface area contributed by atoms with Crippen molar-refractivity contribution in [1.82, 2.24) is 4.90 Å². The van der Waals surface area contributed by atoms with Crippen LogP contribution < -0.4 is 19.1 Å². The number of rotatable bonds is 9. The van der Waals surface area contributed by atoms with E-state index in [0.717, 1.165) is 24.4 Å². The Kier molecular flexibility index (Phi) is 7.54. The third-order valence-electron chi connectivity index (χ3n) is 7.15. The summed E-state index contributed by atoms with van der Waals surface area (Å²) in [5, 5.41) is 11.5. The molecule has 2 aliphatic rings. The Morgan fingerprint density at radius 2 is 1.86 bits per heavy atom. The average Bonchev–Trinajstić information content (AvgIpc) is 3.39. The number of methoxy groups -OCH3 is 2. The maximum absolute atomic E-state index is 13.4. The van der Waals surface area contributed by atoms with E-state index in [1.165, 1.54) is 12.0 Å². The number of quaternary nitrogens is 1. The van der Waals surface area contributed by atoms with Gasteiger partial charge in [0.25, 0.3) is 11.7 Å². The number of aliphatic hydroxyl groups excluding tert-OH is 1. The minimum absolute atomic E-state index is 0.0501. The fourth-order valence-corrected chi connectivity index (χ4v) is 5.09. The Labute approximate surface area is 212 Å². The van der Waals surface area contributed by atoms with Gasteiger partial charge in [0, 0.05) is 23.6 Å². The normalized spacial score (nSPS) is 20.6. The number of hydrogen-bond donors (Lipinski definition) is 2. The lowest BCUT2D eigenvalue weighted by molar-refractivity contribution is -0.895. The monoisotopic (exact) mass is 495 g/mol. The van der Waals surface area contributed by atoms with E-state index in [-0.39, 0.29) is 17.4 Å². The van der Waals surface area contributed by atoms with Crippen molar-refractivity contribution < 1.29 is 33.8 Å². The van der Waals surface area contributed by atoms with Crippen LogP contribution in [0.15, 0.2) is 42.0 Å². The number of nitrogens with zero attached hydrogens (tertiary/aromatic N) is 1. The van der Waals surface area contributed by atoms with Gasteiger partial charge in [0.15, 0.2) is 0 Å². The van der Waals surface area contributed by atoms with Crippen LogP contribution in [0.4, 0.5) is 0 Å². The minimum Gasteiger partial charge on any atom is -0.507 e. The Balaban J connectivity index is 1.84. The quantitative estimate of drug-likeness (QED) is 0.316. The lowest BCUT2D eigenvalue weighted by atomic mass is 9.93. The summed E-state index contributed by atoms with van der Waals surface area (Å²) in [6.45, 7) is 9.04. The number of aliphatic hydroxyl groups is 1. The third kappa shape index (κ3) is 4.65. The predicted molar refractivity (Wildman–Crippen MR) is 136 cm³/mol. The van der Waals surface area contributed by atoms with Gasteiger partial charge in [-0.1, -0.05) is 0 Å². The van der Waals surface area contributed by atoms with Crippen molar-refractivity contribution in [3.8, 4) is 17.2 Å². The highest BCUT2D eigenvalue weighted by Gasteiger charge is 2.47. The molecule has 2 aliphatic heterocycles. The summed E-state index contributed by atoms with van der Waals surface area (Å²) >= 11 is 0. The molecule has 1 fully saturated rings. The maximum Gasteiger partial charge on any atom is 0.295 e. The van der Waals surface area contributed by atoms with Gasteiger partial charge in [-0.2, -0.15) is 0 Å². The van der Waals surface area contributed by atoms with Gasteiger partial charge in [0.2, 0.25) is 0 Å². The summed E-state index contributed by atoms with van der Waals surface area (Å²) in [6.07, 6.45) is 0.766. The molecule has 0 saturated carbocycles. The lowest BCUT2D eigenvalue weighted by Gasteiger charge is -2.28. The Hall–Kier alpha value is -3.52. The third-order valence-corrected chi connectivity index (χ3v) is 7.15. The van der Waals surface area contributed by atoms with Gasteiger partial charge in [-0.25, -0.2) is 0 Å². The summed E-state index contributed by atoms with van der Waals surface area (Å²) in [5.74, 6) is 0.321. The molecule has 192 valence electrons. The molecule has 2 aromatic rings. The van der Waals surface area contributed by atoms with E-state index in [4.69, 9.17) is 14.2 Å². The number of likely N-dealkylation sites (N-methyl/N-ethyl adjacent to an activating group) is 1. The molecule has 8 heteroatoms. The Morgan fingerprint density at radius 3 is 2.53 bits per heavy atom. The summed E-state index contributed by atoms with van der Waals surface area (Å²) in [5.41, 5.74) is 2.12. The standard InChI is InChI=1S/C28H34N2O6/c1-6-29(7-2)12-13-30-25(21-10-9-20(34-4)16-23(21)35-5)24(27(32)28(30)33)26(31)18-8-11-22-19(15-18)14-17(3)36-22/h8-11,15-17,25,31H,6-7,12-14H2,1-5H3/p+1/t17-,25+/m0/s1. The molecule has 0 aliphatic carbocycles. The molecular formula is C28H35N2O6+. The van der Waals surface area contributed by atoms with Gasteiger partial charge < -0.3 is 29.1 Å². The van der Waals surface area contributed by atoms with Gasteiger partial charge in [-0.05, 0) is 56.7 Å². The molecule has 8 nitrogen and oxygen atoms in total. The zero-order valence-electron chi connectivity index (χ0n) is 21.6. The molecule has 0 aromatic heterocycles. The van der Waals surface area contributed by atoms with Crippen LogP contribution in [0.5, 0.6) is 17.2 Å². The van der Waals surface area contributed by atoms with Crippen LogP contribution >= 0.6 is 0 Å². The van der Waals surface area contributed by atoms with Crippen LogP contribution in [-0.2, 0) is 16.0 Å². The first-order chi connectivity index (χ1) is 17.3. The molecule has 2 heterocycles. The molecule has 2 N–H and O–H groups in total. The van der Waals surface area contributed by atoms with Crippen LogP contribution in [0.3, 0.4) is 0 Å². The van der Waals surface area contributed by atoms with Crippen LogP contribution in [-0.4, -0.2) is 68.2 Å². The second-order valence-electron chi connectivity index (χ2n) is 9.26. The van der Waals surface area contributed by atoms with Gasteiger partial charge in [-0.3, -0.25) is 9.59 Å². The van der Waals surface area contributed by atoms with E-state index in [2.05, 4.69) is 13.8 Å². The van der Waals surface area contributed by atoms with Gasteiger partial charge >= 0.3 is 0 Å². The van der Waals surface area contributed by atoms with Crippen molar-refractivity contribution in [2.45, 2.75) is 39.3 Å². The number of likely N-dealkylation sites (tertiary alicyclic amines) is 1. The predicted octanol–water partition coefficient (Wildman–Crippen LogP) is 2.37. The summed E-state index contributed by atoms with van der Waals surface area (Å²) < 4.78 is 16.8. The van der Waals surface area contributed by atoms with Crippen LogP contribution in [0, 0.1) is 0 Å². The number of fused-ring (bicyclic) bond motifs is 1. The van der Waals surface area contributed by atoms with Crippen LogP contribution in [0.1, 0.15) is 43.5 Å². The molecule has 1 saturated heterocycles. The van der Waals surface area contributed by atoms with Crippen molar-refractivity contribution in [3.05, 3.63) is 58.7 Å². The smallest absolute Gasteiger partial charge is 0.295 e. The molecule has 0 bridgehead atoms. The van der Waals surface area contributed by atoms with Gasteiger partial charge in [0.1, 0.15) is 29.1 Å². The molecule has 2 aromatic carbocycles. The first-order valence-electron chi connectivity index (χ1n) is 12.5. The van der Waals surface area contributed by atoms with Crippen molar-refractivity contribution >= 4 is 17.4 Å². The van der Waals surface area contributed by atoms with E-state index in [9.17, 15) is 14.7 Å². The first-order valence-corrected chi connectivity index (χ1v) is 12.5. The number of nitrogens with one attached hydrogen (secondary N) is 1. The van der Waals surface area contributed by atoms with Crippen molar-refractivity contribution in [3.63, 3.8) is 0 Å². The SMILES string of the molecule is CC[NH+](CC)CCN1C(=O)C(=O)C(=C(O)c2ccc3c(c2)C[C@H](C)O3)[C@H]1c1ccc(OC)cc1OC. The number of amides is 1. The van der Waals surface area contributed by atoms with E-state index in [1.807, 2.05) is 13.0 Å². The molecule has 36 heavy (non-hydrogen) atoms. The highest BCUT2D eigenvalue weighted by atomic mass is 16.5. The van der Waals surface area contributed by atoms with Crippen molar-refractivity contribution in [2.24, 2.45) is 0 Å². The second-order valence-corrected chi connectivity index (χ2v) is 9.26. The molecule has 1 amide bonds. The number of carbonyl (C=O) groups excluding carboxylic acids is 2. The van der Waals surface area contributed by atoms with E-state index in [0.29, 0.717) is 42.1 Å². The van der Waals surface area contributed by atoms with E-state index >= 15 is 0 Å².